The molecule has 0 spiro atoms. The molecule has 1 N–H and O–H groups in total. The van der Waals surface area contributed by atoms with E-state index in [0.717, 1.165) is 38.5 Å². The maximum absolute atomic E-state index is 12.0. The summed E-state index contributed by atoms with van der Waals surface area (Å²) in [5.41, 5.74) is 6.22. The van der Waals surface area contributed by atoms with Crippen LogP contribution < -0.4 is 0 Å². The lowest BCUT2D eigenvalue weighted by molar-refractivity contribution is -0.141. The van der Waals surface area contributed by atoms with Gasteiger partial charge in [0.15, 0.2) is 5.82 Å². The minimum Gasteiger partial charge on any atom is -0.481 e. The third kappa shape index (κ3) is 3.51. The Hall–Kier alpha value is -4.09. The van der Waals surface area contributed by atoms with Gasteiger partial charge in [0.1, 0.15) is 16.9 Å². The summed E-state index contributed by atoms with van der Waals surface area (Å²) in [5, 5.41) is 30.6. The lowest BCUT2D eigenvalue weighted by atomic mass is 9.96. The molecule has 0 amide bonds. The minimum absolute atomic E-state index is 0.537. The van der Waals surface area contributed by atoms with Gasteiger partial charge in [0.05, 0.1) is 23.3 Å². The number of carbonyl (C=O) groups is 1. The number of nitrogens with zero attached hydrogens (tertiary/aromatic N) is 5. The second-order valence-electron chi connectivity index (χ2n) is 8.36. The molecule has 2 aromatic heterocycles. The number of aliphatic imine (C=N–C) groups is 1. The van der Waals surface area contributed by atoms with E-state index in [2.05, 4.69) is 21.6 Å². The molecule has 3 heterocycles. The summed E-state index contributed by atoms with van der Waals surface area (Å²) in [5.74, 6) is -0.477. The highest BCUT2D eigenvalue weighted by molar-refractivity contribution is 7.13. The van der Waals surface area contributed by atoms with Crippen molar-refractivity contribution >= 4 is 23.0 Å². The van der Waals surface area contributed by atoms with Gasteiger partial charge in [-0.1, -0.05) is 36.4 Å². The van der Waals surface area contributed by atoms with Crippen LogP contribution in [-0.4, -0.2) is 31.6 Å². The number of aryl methyl sites for hydroxylation is 2. The number of carboxylic acids is 1. The fourth-order valence-electron chi connectivity index (χ4n) is 4.24. The van der Waals surface area contributed by atoms with Crippen LogP contribution in [0.2, 0.25) is 0 Å². The van der Waals surface area contributed by atoms with E-state index >= 15 is 0 Å². The predicted octanol–water partition coefficient (Wildman–Crippen LogP) is 5.10. The highest BCUT2D eigenvalue weighted by atomic mass is 32.1. The molecule has 0 saturated carbocycles. The molecule has 7 nitrogen and oxygen atoms in total. The third-order valence-electron chi connectivity index (χ3n) is 6.12. The van der Waals surface area contributed by atoms with Gasteiger partial charge in [-0.15, -0.1) is 21.5 Å². The first kappa shape index (κ1) is 21.7. The number of carboxylic acid groups (broad SMARTS) is 1. The largest absolute Gasteiger partial charge is 0.481 e. The average Bonchev–Trinajstić information content (AvgIpc) is 3.37. The molecule has 0 bridgehead atoms. The SMILES string of the molecule is Cc1csc2c1C(c1ccc(-c3cccc(C#N)c3)cc1)=N[C@@H](C(C)C(=O)O)c1nnc(C)n1-2. The van der Waals surface area contributed by atoms with E-state index in [-0.39, 0.29) is 0 Å². The molecule has 1 aliphatic heterocycles. The van der Waals surface area contributed by atoms with E-state index < -0.39 is 17.9 Å². The van der Waals surface area contributed by atoms with Crippen LogP contribution >= 0.6 is 11.3 Å². The average molecular weight is 468 g/mol. The lowest BCUT2D eigenvalue weighted by Gasteiger charge is -2.16. The topological polar surface area (TPSA) is 104 Å². The van der Waals surface area contributed by atoms with Crippen molar-refractivity contribution in [1.82, 2.24) is 14.8 Å². The highest BCUT2D eigenvalue weighted by Crippen LogP contribution is 2.39. The summed E-state index contributed by atoms with van der Waals surface area (Å²) in [6, 6.07) is 17.0. The first-order valence-corrected chi connectivity index (χ1v) is 11.7. The molecule has 0 fully saturated rings. The quantitative estimate of drug-likeness (QED) is 0.450. The summed E-state index contributed by atoms with van der Waals surface area (Å²) in [7, 11) is 0. The summed E-state index contributed by atoms with van der Waals surface area (Å²) in [6.07, 6.45) is 0. The fourth-order valence-corrected chi connectivity index (χ4v) is 5.36. The van der Waals surface area contributed by atoms with Crippen LogP contribution in [0, 0.1) is 31.1 Å². The van der Waals surface area contributed by atoms with Crippen molar-refractivity contribution in [3.05, 3.63) is 87.8 Å². The zero-order chi connectivity index (χ0) is 24.0. The smallest absolute Gasteiger partial charge is 0.308 e. The molecule has 1 aliphatic rings. The number of nitriles is 1. The zero-order valence-electron chi connectivity index (χ0n) is 18.9. The van der Waals surface area contributed by atoms with E-state index in [9.17, 15) is 15.2 Å². The number of hydrogen-bond acceptors (Lipinski definition) is 6. The second kappa shape index (κ2) is 8.36. The maximum Gasteiger partial charge on any atom is 0.308 e. The third-order valence-corrected chi connectivity index (χ3v) is 7.21. The lowest BCUT2D eigenvalue weighted by Crippen LogP contribution is -2.21. The summed E-state index contributed by atoms with van der Waals surface area (Å²) < 4.78 is 1.94. The normalized spacial score (nSPS) is 15.5. The van der Waals surface area contributed by atoms with E-state index in [1.807, 2.05) is 60.9 Å². The van der Waals surface area contributed by atoms with Crippen molar-refractivity contribution < 1.29 is 9.90 Å². The number of benzene rings is 2. The van der Waals surface area contributed by atoms with Gasteiger partial charge in [-0.2, -0.15) is 5.26 Å². The number of hydrogen-bond donors (Lipinski definition) is 1. The van der Waals surface area contributed by atoms with E-state index in [1.165, 1.54) is 0 Å². The Labute approximate surface area is 200 Å². The number of aromatic nitrogens is 3. The molecule has 168 valence electrons. The van der Waals surface area contributed by atoms with Crippen LogP contribution in [0.5, 0.6) is 0 Å². The monoisotopic (exact) mass is 467 g/mol. The van der Waals surface area contributed by atoms with Crippen molar-refractivity contribution in [1.29, 1.82) is 5.26 Å². The Morgan fingerprint density at radius 3 is 2.56 bits per heavy atom. The number of aliphatic carboxylic acids is 1. The fraction of sp³-hybridized carbons (Fsp3) is 0.192. The first-order chi connectivity index (χ1) is 16.4. The molecule has 2 atom stereocenters. The van der Waals surface area contributed by atoms with Crippen LogP contribution in [0.1, 0.15) is 46.9 Å². The van der Waals surface area contributed by atoms with Crippen LogP contribution in [0.15, 0.2) is 58.9 Å². The summed E-state index contributed by atoms with van der Waals surface area (Å²) in [4.78, 5) is 17.0. The molecular weight excluding hydrogens is 446 g/mol. The standard InChI is InChI=1S/C26H21N5O2S/c1-14-13-34-25-21(14)23(28-22(15(2)26(32)33)24-30-29-16(3)31(24)25)19-9-7-18(8-10-19)20-6-4-5-17(11-20)12-27/h4-11,13,15,22H,1-3H3,(H,32,33)/t15?,22-/m0/s1. The van der Waals surface area contributed by atoms with Crippen molar-refractivity contribution in [2.75, 3.05) is 0 Å². The molecule has 0 saturated heterocycles. The highest BCUT2D eigenvalue weighted by Gasteiger charge is 2.35. The van der Waals surface area contributed by atoms with Crippen molar-refractivity contribution in [3.63, 3.8) is 0 Å². The van der Waals surface area contributed by atoms with Crippen LogP contribution in [0.3, 0.4) is 0 Å². The second-order valence-corrected chi connectivity index (χ2v) is 9.22. The molecule has 1 unspecified atom stereocenters. The number of fused-ring (bicyclic) bond motifs is 3. The Morgan fingerprint density at radius 2 is 1.85 bits per heavy atom. The molecule has 4 aromatic rings. The van der Waals surface area contributed by atoms with Gasteiger partial charge in [-0.05, 0) is 55.0 Å². The Balaban J connectivity index is 1.67. The number of thiophene rings is 1. The van der Waals surface area contributed by atoms with Crippen LogP contribution in [-0.2, 0) is 4.79 Å². The molecule has 2 aromatic carbocycles. The van der Waals surface area contributed by atoms with Crippen molar-refractivity contribution in [2.24, 2.45) is 10.9 Å². The molecule has 0 radical (unpaired) electrons. The van der Waals surface area contributed by atoms with Gasteiger partial charge in [-0.25, -0.2) is 0 Å². The van der Waals surface area contributed by atoms with Crippen LogP contribution in [0.25, 0.3) is 16.1 Å². The van der Waals surface area contributed by atoms with Gasteiger partial charge < -0.3 is 5.11 Å². The van der Waals surface area contributed by atoms with Crippen LogP contribution in [0.4, 0.5) is 0 Å². The van der Waals surface area contributed by atoms with Gasteiger partial charge >= 0.3 is 5.97 Å². The molecule has 8 heteroatoms. The summed E-state index contributed by atoms with van der Waals surface area (Å²) in [6.45, 7) is 5.56. The minimum atomic E-state index is -0.935. The van der Waals surface area contributed by atoms with Gasteiger partial charge in [-0.3, -0.25) is 14.4 Å². The number of rotatable bonds is 4. The van der Waals surface area contributed by atoms with E-state index in [1.54, 1.807) is 24.3 Å². The molecule has 34 heavy (non-hydrogen) atoms. The molecule has 5 rings (SSSR count). The van der Waals surface area contributed by atoms with E-state index in [4.69, 9.17) is 4.99 Å². The van der Waals surface area contributed by atoms with Crippen molar-refractivity contribution in [3.8, 4) is 22.2 Å². The van der Waals surface area contributed by atoms with Crippen molar-refractivity contribution in [2.45, 2.75) is 26.8 Å². The van der Waals surface area contributed by atoms with E-state index in [0.29, 0.717) is 17.2 Å². The molecule has 0 aliphatic carbocycles. The first-order valence-electron chi connectivity index (χ1n) is 10.8. The Kier molecular flexibility index (Phi) is 5.34. The predicted molar refractivity (Wildman–Crippen MR) is 130 cm³/mol. The zero-order valence-corrected chi connectivity index (χ0v) is 19.7. The maximum atomic E-state index is 12.0. The van der Waals surface area contributed by atoms with Gasteiger partial charge in [0, 0.05) is 11.1 Å². The van der Waals surface area contributed by atoms with Gasteiger partial charge in [0.25, 0.3) is 0 Å². The molecular formula is C26H21N5O2S. The summed E-state index contributed by atoms with van der Waals surface area (Å²) >= 11 is 1.58. The Bertz CT molecular complexity index is 1490. The Morgan fingerprint density at radius 1 is 1.12 bits per heavy atom. The van der Waals surface area contributed by atoms with Gasteiger partial charge in [0.2, 0.25) is 0 Å².